The van der Waals surface area contributed by atoms with E-state index < -0.39 is 0 Å². The molecule has 0 radical (unpaired) electrons. The monoisotopic (exact) mass is 232 g/mol. The van der Waals surface area contributed by atoms with Crippen molar-refractivity contribution in [3.05, 3.63) is 23.8 Å². The third kappa shape index (κ3) is 2.69. The first kappa shape index (κ1) is 11.7. The number of benzene rings is 1. The van der Waals surface area contributed by atoms with Gasteiger partial charge in [-0.25, -0.2) is 0 Å². The summed E-state index contributed by atoms with van der Waals surface area (Å²) in [7, 11) is 1.58. The number of methoxy groups -OCH3 is 1. The molecule has 0 aliphatic carbocycles. The van der Waals surface area contributed by atoms with Crippen LogP contribution in [0.4, 0.5) is 0 Å². The average Bonchev–Trinajstić information content (AvgIpc) is 2.88. The van der Waals surface area contributed by atoms with Crippen LogP contribution in [0, 0.1) is 17.2 Å². The van der Waals surface area contributed by atoms with Gasteiger partial charge >= 0.3 is 0 Å². The van der Waals surface area contributed by atoms with Crippen molar-refractivity contribution in [2.24, 2.45) is 5.92 Å². The van der Waals surface area contributed by atoms with Gasteiger partial charge in [0.2, 0.25) is 0 Å². The second-order valence-electron chi connectivity index (χ2n) is 4.12. The topological polar surface area (TPSA) is 54.3 Å². The van der Waals surface area contributed by atoms with Gasteiger partial charge in [-0.15, -0.1) is 0 Å². The lowest BCUT2D eigenvalue weighted by Crippen LogP contribution is -2.16. The predicted molar refractivity (Wildman–Crippen MR) is 64.2 cm³/mol. The van der Waals surface area contributed by atoms with Gasteiger partial charge in [-0.2, -0.15) is 5.26 Å². The van der Waals surface area contributed by atoms with Crippen LogP contribution in [-0.4, -0.2) is 26.8 Å². The normalized spacial score (nSPS) is 18.7. The van der Waals surface area contributed by atoms with E-state index in [0.717, 1.165) is 19.5 Å². The van der Waals surface area contributed by atoms with Gasteiger partial charge in [-0.05, 0) is 25.1 Å². The van der Waals surface area contributed by atoms with Gasteiger partial charge in [0.05, 0.1) is 19.3 Å². The van der Waals surface area contributed by atoms with Gasteiger partial charge < -0.3 is 14.8 Å². The summed E-state index contributed by atoms with van der Waals surface area (Å²) in [6.07, 6.45) is 1.12. The van der Waals surface area contributed by atoms with Gasteiger partial charge in [-0.1, -0.05) is 6.07 Å². The van der Waals surface area contributed by atoms with Crippen molar-refractivity contribution in [1.29, 1.82) is 5.26 Å². The van der Waals surface area contributed by atoms with E-state index in [1.165, 1.54) is 0 Å². The van der Waals surface area contributed by atoms with Crippen LogP contribution in [0.5, 0.6) is 11.5 Å². The van der Waals surface area contributed by atoms with Gasteiger partial charge in [-0.3, -0.25) is 0 Å². The second kappa shape index (κ2) is 5.55. The third-order valence-electron chi connectivity index (χ3n) is 2.95. The Bertz CT molecular complexity index is 420. The number of hydrogen-bond donors (Lipinski definition) is 1. The first-order valence-electron chi connectivity index (χ1n) is 5.75. The summed E-state index contributed by atoms with van der Waals surface area (Å²) in [6.45, 7) is 2.66. The van der Waals surface area contributed by atoms with Gasteiger partial charge in [0.15, 0.2) is 11.5 Å². The molecule has 0 saturated carbocycles. The highest BCUT2D eigenvalue weighted by Crippen LogP contribution is 2.31. The van der Waals surface area contributed by atoms with Crippen molar-refractivity contribution in [3.63, 3.8) is 0 Å². The minimum atomic E-state index is 0.520. The van der Waals surface area contributed by atoms with Crippen LogP contribution in [0.3, 0.4) is 0 Å². The molecule has 90 valence electrons. The lowest BCUT2D eigenvalue weighted by molar-refractivity contribution is 0.247. The maximum Gasteiger partial charge on any atom is 0.178 e. The van der Waals surface area contributed by atoms with Crippen LogP contribution in [0.2, 0.25) is 0 Å². The Morgan fingerprint density at radius 2 is 2.41 bits per heavy atom. The maximum atomic E-state index is 9.03. The Labute approximate surface area is 101 Å². The third-order valence-corrected chi connectivity index (χ3v) is 2.95. The van der Waals surface area contributed by atoms with Gasteiger partial charge in [0.25, 0.3) is 0 Å². The van der Waals surface area contributed by atoms with Crippen molar-refractivity contribution < 1.29 is 9.47 Å². The summed E-state index contributed by atoms with van der Waals surface area (Å²) in [6, 6.07) is 7.47. The first-order valence-corrected chi connectivity index (χ1v) is 5.75. The smallest absolute Gasteiger partial charge is 0.178 e. The van der Waals surface area contributed by atoms with Crippen molar-refractivity contribution >= 4 is 0 Å². The largest absolute Gasteiger partial charge is 0.493 e. The first-order chi connectivity index (χ1) is 8.35. The molecule has 1 fully saturated rings. The molecule has 0 amide bonds. The Balaban J connectivity index is 2.10. The molecule has 2 rings (SSSR count). The van der Waals surface area contributed by atoms with E-state index in [4.69, 9.17) is 14.7 Å². The number of rotatable bonds is 4. The predicted octanol–water partition coefficient (Wildman–Crippen LogP) is 1.56. The van der Waals surface area contributed by atoms with Crippen LogP contribution < -0.4 is 14.8 Å². The summed E-state index contributed by atoms with van der Waals surface area (Å²) in [4.78, 5) is 0. The van der Waals surface area contributed by atoms with Crippen LogP contribution in [-0.2, 0) is 0 Å². The minimum Gasteiger partial charge on any atom is -0.493 e. The molecule has 1 heterocycles. The van der Waals surface area contributed by atoms with Crippen molar-refractivity contribution in [2.45, 2.75) is 6.42 Å². The van der Waals surface area contributed by atoms with E-state index in [9.17, 15) is 0 Å². The van der Waals surface area contributed by atoms with Gasteiger partial charge in [0.1, 0.15) is 6.07 Å². The molecule has 4 heteroatoms. The van der Waals surface area contributed by atoms with Crippen LogP contribution in [0.25, 0.3) is 0 Å². The number of hydrogen-bond acceptors (Lipinski definition) is 4. The maximum absolute atomic E-state index is 9.03. The van der Waals surface area contributed by atoms with Crippen LogP contribution in [0.1, 0.15) is 12.0 Å². The number of ether oxygens (including phenoxy) is 2. The highest BCUT2D eigenvalue weighted by molar-refractivity contribution is 5.52. The molecule has 17 heavy (non-hydrogen) atoms. The summed E-state index contributed by atoms with van der Waals surface area (Å²) < 4.78 is 11.0. The molecule has 1 aromatic carbocycles. The highest BCUT2D eigenvalue weighted by atomic mass is 16.5. The highest BCUT2D eigenvalue weighted by Gasteiger charge is 2.17. The zero-order valence-electron chi connectivity index (χ0n) is 9.90. The molecule has 4 nitrogen and oxygen atoms in total. The standard InChI is InChI=1S/C13H16N2O2/c1-16-12-4-2-3-11(7-14)13(12)17-9-10-5-6-15-8-10/h2-4,10,15H,5-6,8-9H2,1H3. The van der Waals surface area contributed by atoms with E-state index in [-0.39, 0.29) is 0 Å². The molecule has 1 N–H and O–H groups in total. The van der Waals surface area contributed by atoms with Crippen LogP contribution >= 0.6 is 0 Å². The van der Waals surface area contributed by atoms with Crippen LogP contribution in [0.15, 0.2) is 18.2 Å². The van der Waals surface area contributed by atoms with Gasteiger partial charge in [0, 0.05) is 12.5 Å². The van der Waals surface area contributed by atoms with Crippen molar-refractivity contribution in [1.82, 2.24) is 5.32 Å². The Morgan fingerprint density at radius 3 is 3.06 bits per heavy atom. The van der Waals surface area contributed by atoms with Crippen molar-refractivity contribution in [3.8, 4) is 17.6 Å². The molecule has 0 spiro atoms. The number of para-hydroxylation sites is 1. The summed E-state index contributed by atoms with van der Waals surface area (Å²) in [5.74, 6) is 1.70. The van der Waals surface area contributed by atoms with E-state index in [0.29, 0.717) is 29.6 Å². The summed E-state index contributed by atoms with van der Waals surface area (Å²) in [5.41, 5.74) is 0.523. The quantitative estimate of drug-likeness (QED) is 0.855. The van der Waals surface area contributed by atoms with E-state index in [1.807, 2.05) is 6.07 Å². The molecule has 1 aliphatic heterocycles. The minimum absolute atomic E-state index is 0.520. The zero-order valence-corrected chi connectivity index (χ0v) is 9.90. The molecule has 0 aromatic heterocycles. The van der Waals surface area contributed by atoms with E-state index in [1.54, 1.807) is 19.2 Å². The molecular weight excluding hydrogens is 216 g/mol. The number of nitrogens with one attached hydrogen (secondary N) is 1. The molecule has 1 aromatic rings. The Morgan fingerprint density at radius 1 is 1.53 bits per heavy atom. The molecule has 1 atom stereocenters. The molecule has 1 aliphatic rings. The molecule has 0 bridgehead atoms. The fourth-order valence-corrected chi connectivity index (χ4v) is 1.97. The fraction of sp³-hybridized carbons (Fsp3) is 0.462. The van der Waals surface area contributed by atoms with Crippen molar-refractivity contribution in [2.75, 3.05) is 26.8 Å². The van der Waals surface area contributed by atoms with E-state index >= 15 is 0 Å². The summed E-state index contributed by atoms with van der Waals surface area (Å²) >= 11 is 0. The Kier molecular flexibility index (Phi) is 3.84. The number of nitrogens with zero attached hydrogens (tertiary/aromatic N) is 1. The molecule has 1 unspecified atom stereocenters. The zero-order chi connectivity index (χ0) is 12.1. The lowest BCUT2D eigenvalue weighted by Gasteiger charge is -2.14. The number of nitriles is 1. The SMILES string of the molecule is COc1cccc(C#N)c1OCC1CCNC1. The lowest BCUT2D eigenvalue weighted by atomic mass is 10.1. The second-order valence-corrected chi connectivity index (χ2v) is 4.12. The van der Waals surface area contributed by atoms with E-state index in [2.05, 4.69) is 11.4 Å². The Hall–Kier alpha value is -1.73. The molecule has 1 saturated heterocycles. The fourth-order valence-electron chi connectivity index (χ4n) is 1.97. The summed E-state index contributed by atoms with van der Waals surface area (Å²) in [5, 5.41) is 12.3. The average molecular weight is 232 g/mol. The molecular formula is C13H16N2O2.